The van der Waals surface area contributed by atoms with E-state index in [0.29, 0.717) is 16.9 Å². The zero-order valence-corrected chi connectivity index (χ0v) is 14.0. The van der Waals surface area contributed by atoms with Crippen molar-refractivity contribution in [2.24, 2.45) is 10.9 Å². The molecule has 2 aliphatic rings. The SMILES string of the molecule is O=C1[C@H]2CCCC2=Nc2ccccc2N1Cc1cccc(C(F)(F)F)c1. The predicted molar refractivity (Wildman–Crippen MR) is 93.5 cm³/mol. The zero-order chi connectivity index (χ0) is 18.3. The Kier molecular flexibility index (Phi) is 4.05. The number of hydrogen-bond acceptors (Lipinski definition) is 2. The van der Waals surface area contributed by atoms with Gasteiger partial charge in [0.1, 0.15) is 0 Å². The van der Waals surface area contributed by atoms with Gasteiger partial charge < -0.3 is 4.90 Å². The van der Waals surface area contributed by atoms with E-state index in [4.69, 9.17) is 0 Å². The molecule has 4 rings (SSSR count). The lowest BCUT2D eigenvalue weighted by atomic mass is 10.0. The number of fused-ring (bicyclic) bond motifs is 2. The molecule has 6 heteroatoms. The van der Waals surface area contributed by atoms with Gasteiger partial charge in [0.05, 0.1) is 29.4 Å². The molecule has 1 aliphatic heterocycles. The first-order valence-electron chi connectivity index (χ1n) is 8.57. The Hall–Kier alpha value is -2.63. The number of rotatable bonds is 2. The zero-order valence-electron chi connectivity index (χ0n) is 14.0. The van der Waals surface area contributed by atoms with Crippen molar-refractivity contribution in [1.82, 2.24) is 0 Å². The molecule has 0 unspecified atom stereocenters. The molecule has 0 saturated heterocycles. The molecule has 1 atom stereocenters. The predicted octanol–water partition coefficient (Wildman–Crippen LogP) is 5.12. The van der Waals surface area contributed by atoms with E-state index in [-0.39, 0.29) is 18.4 Å². The molecule has 0 N–H and O–H groups in total. The van der Waals surface area contributed by atoms with Crippen LogP contribution in [-0.2, 0) is 17.5 Å². The number of benzene rings is 2. The molecule has 1 saturated carbocycles. The Labute approximate surface area is 149 Å². The first kappa shape index (κ1) is 16.8. The van der Waals surface area contributed by atoms with Crippen LogP contribution in [0.1, 0.15) is 30.4 Å². The van der Waals surface area contributed by atoms with Crippen molar-refractivity contribution in [2.75, 3.05) is 4.90 Å². The van der Waals surface area contributed by atoms with Gasteiger partial charge in [0.2, 0.25) is 5.91 Å². The first-order valence-corrected chi connectivity index (χ1v) is 8.57. The standard InChI is InChI=1S/C20H17F3N2O/c21-20(22,23)14-6-3-5-13(11-14)12-25-18-10-2-1-8-17(18)24-16-9-4-7-15(16)19(25)26/h1-3,5-6,8,10-11,15H,4,7,9,12H2/t15-/m0/s1. The number of aliphatic imine (C=N–C) groups is 1. The van der Waals surface area contributed by atoms with Crippen LogP contribution in [0.4, 0.5) is 24.5 Å². The molecule has 0 spiro atoms. The number of amides is 1. The molecular weight excluding hydrogens is 341 g/mol. The maximum Gasteiger partial charge on any atom is 0.416 e. The van der Waals surface area contributed by atoms with Gasteiger partial charge in [-0.15, -0.1) is 0 Å². The van der Waals surface area contributed by atoms with Crippen molar-refractivity contribution in [1.29, 1.82) is 0 Å². The fourth-order valence-corrected chi connectivity index (χ4v) is 3.67. The Morgan fingerprint density at radius 3 is 2.73 bits per heavy atom. The summed E-state index contributed by atoms with van der Waals surface area (Å²) in [5.74, 6) is -0.350. The highest BCUT2D eigenvalue weighted by Crippen LogP contribution is 2.39. The Balaban J connectivity index is 1.73. The van der Waals surface area contributed by atoms with Crippen LogP contribution in [0, 0.1) is 5.92 Å². The summed E-state index contributed by atoms with van der Waals surface area (Å²) in [4.78, 5) is 19.4. The third-order valence-electron chi connectivity index (χ3n) is 4.92. The van der Waals surface area contributed by atoms with Crippen LogP contribution in [0.2, 0.25) is 0 Å². The minimum absolute atomic E-state index is 0.0800. The van der Waals surface area contributed by atoms with Crippen molar-refractivity contribution >= 4 is 23.0 Å². The fraction of sp³-hybridized carbons (Fsp3) is 0.300. The Morgan fingerprint density at radius 1 is 1.12 bits per heavy atom. The number of alkyl halides is 3. The number of nitrogens with zero attached hydrogens (tertiary/aromatic N) is 2. The van der Waals surface area contributed by atoms with Gasteiger partial charge >= 0.3 is 6.18 Å². The minimum Gasteiger partial charge on any atom is -0.305 e. The normalized spacial score (nSPS) is 19.7. The van der Waals surface area contributed by atoms with Gasteiger partial charge in [0.25, 0.3) is 0 Å². The molecule has 1 heterocycles. The summed E-state index contributed by atoms with van der Waals surface area (Å²) in [5.41, 5.74) is 1.98. The highest BCUT2D eigenvalue weighted by molar-refractivity contribution is 6.14. The number of carbonyl (C=O) groups is 1. The molecule has 1 amide bonds. The quantitative estimate of drug-likeness (QED) is 0.733. The van der Waals surface area contributed by atoms with E-state index >= 15 is 0 Å². The van der Waals surface area contributed by atoms with Crippen LogP contribution < -0.4 is 4.90 Å². The molecule has 3 nitrogen and oxygen atoms in total. The van der Waals surface area contributed by atoms with Crippen LogP contribution in [0.5, 0.6) is 0 Å². The van der Waals surface area contributed by atoms with Crippen LogP contribution in [0.3, 0.4) is 0 Å². The van der Waals surface area contributed by atoms with Gasteiger partial charge in [-0.1, -0.05) is 24.3 Å². The molecule has 0 radical (unpaired) electrons. The molecular formula is C20H17F3N2O. The average molecular weight is 358 g/mol. The largest absolute Gasteiger partial charge is 0.416 e. The minimum atomic E-state index is -4.40. The monoisotopic (exact) mass is 358 g/mol. The van der Waals surface area contributed by atoms with Crippen molar-refractivity contribution in [2.45, 2.75) is 32.0 Å². The maximum atomic E-state index is 13.1. The summed E-state index contributed by atoms with van der Waals surface area (Å²) in [6.07, 6.45) is -1.96. The van der Waals surface area contributed by atoms with Crippen LogP contribution in [0.15, 0.2) is 53.5 Å². The summed E-state index contributed by atoms with van der Waals surface area (Å²) in [6, 6.07) is 12.5. The van der Waals surface area contributed by atoms with E-state index in [9.17, 15) is 18.0 Å². The highest BCUT2D eigenvalue weighted by atomic mass is 19.4. The van der Waals surface area contributed by atoms with Crippen molar-refractivity contribution in [3.05, 3.63) is 59.7 Å². The average Bonchev–Trinajstić information content (AvgIpc) is 3.04. The highest BCUT2D eigenvalue weighted by Gasteiger charge is 2.36. The smallest absolute Gasteiger partial charge is 0.305 e. The third kappa shape index (κ3) is 3.00. The first-order chi connectivity index (χ1) is 12.4. The molecule has 134 valence electrons. The summed E-state index contributed by atoms with van der Waals surface area (Å²) in [5, 5.41) is 0. The summed E-state index contributed by atoms with van der Waals surface area (Å²) >= 11 is 0. The molecule has 2 aromatic rings. The van der Waals surface area contributed by atoms with Gasteiger partial charge in [-0.25, -0.2) is 0 Å². The van der Waals surface area contributed by atoms with E-state index in [1.54, 1.807) is 17.0 Å². The number of anilines is 1. The molecule has 0 bridgehead atoms. The lowest BCUT2D eigenvalue weighted by Gasteiger charge is -2.25. The van der Waals surface area contributed by atoms with Crippen molar-refractivity contribution in [3.63, 3.8) is 0 Å². The van der Waals surface area contributed by atoms with Gasteiger partial charge in [-0.05, 0) is 49.1 Å². The van der Waals surface area contributed by atoms with Crippen LogP contribution >= 0.6 is 0 Å². The third-order valence-corrected chi connectivity index (χ3v) is 4.92. The van der Waals surface area contributed by atoms with Gasteiger partial charge in [0, 0.05) is 5.71 Å². The summed E-state index contributed by atoms with van der Waals surface area (Å²) in [6.45, 7) is 0.0963. The van der Waals surface area contributed by atoms with Crippen molar-refractivity contribution < 1.29 is 18.0 Å². The van der Waals surface area contributed by atoms with E-state index in [0.717, 1.165) is 37.1 Å². The summed E-state index contributed by atoms with van der Waals surface area (Å²) < 4.78 is 39.0. The molecule has 1 fully saturated rings. The molecule has 2 aromatic carbocycles. The summed E-state index contributed by atoms with van der Waals surface area (Å²) in [7, 11) is 0. The number of para-hydroxylation sites is 2. The van der Waals surface area contributed by atoms with Crippen molar-refractivity contribution in [3.8, 4) is 0 Å². The maximum absolute atomic E-state index is 13.1. The molecule has 0 aromatic heterocycles. The van der Waals surface area contributed by atoms with Gasteiger partial charge in [0.15, 0.2) is 0 Å². The second-order valence-electron chi connectivity index (χ2n) is 6.66. The van der Waals surface area contributed by atoms with Crippen LogP contribution in [0.25, 0.3) is 0 Å². The van der Waals surface area contributed by atoms with E-state index in [1.165, 1.54) is 6.07 Å². The van der Waals surface area contributed by atoms with E-state index in [2.05, 4.69) is 4.99 Å². The number of carbonyl (C=O) groups excluding carboxylic acids is 1. The topological polar surface area (TPSA) is 32.7 Å². The Morgan fingerprint density at radius 2 is 1.92 bits per heavy atom. The van der Waals surface area contributed by atoms with E-state index < -0.39 is 11.7 Å². The van der Waals surface area contributed by atoms with Gasteiger partial charge in [-0.3, -0.25) is 9.79 Å². The second kappa shape index (κ2) is 6.27. The fourth-order valence-electron chi connectivity index (χ4n) is 3.67. The number of hydrogen-bond donors (Lipinski definition) is 0. The lowest BCUT2D eigenvalue weighted by Crippen LogP contribution is -2.36. The Bertz CT molecular complexity index is 889. The number of halogens is 3. The molecule has 1 aliphatic carbocycles. The lowest BCUT2D eigenvalue weighted by molar-refractivity contribution is -0.137. The second-order valence-corrected chi connectivity index (χ2v) is 6.66. The molecule has 26 heavy (non-hydrogen) atoms. The van der Waals surface area contributed by atoms with E-state index in [1.807, 2.05) is 18.2 Å². The van der Waals surface area contributed by atoms with Gasteiger partial charge in [-0.2, -0.15) is 13.2 Å². The van der Waals surface area contributed by atoms with Crippen LogP contribution in [-0.4, -0.2) is 11.6 Å².